The summed E-state index contributed by atoms with van der Waals surface area (Å²) in [4.78, 5) is 27.7. The number of imidazole rings is 1. The lowest BCUT2D eigenvalue weighted by atomic mass is 10.1. The summed E-state index contributed by atoms with van der Waals surface area (Å²) in [7, 11) is 1.34. The van der Waals surface area contributed by atoms with Crippen LogP contribution < -0.4 is 10.6 Å². The van der Waals surface area contributed by atoms with Gasteiger partial charge in [0.25, 0.3) is 0 Å². The number of amides is 2. The minimum absolute atomic E-state index is 0.245. The predicted molar refractivity (Wildman–Crippen MR) is 96.9 cm³/mol. The fourth-order valence-electron chi connectivity index (χ4n) is 2.53. The summed E-state index contributed by atoms with van der Waals surface area (Å²) >= 11 is 0. The number of rotatable bonds is 6. The van der Waals surface area contributed by atoms with Gasteiger partial charge in [-0.3, -0.25) is 0 Å². The first-order chi connectivity index (χ1) is 12.7. The van der Waals surface area contributed by atoms with Gasteiger partial charge < -0.3 is 19.8 Å². The van der Waals surface area contributed by atoms with Crippen molar-refractivity contribution in [2.45, 2.75) is 13.0 Å². The first-order valence-corrected chi connectivity index (χ1v) is 8.27. The maximum Gasteiger partial charge on any atom is 0.337 e. The van der Waals surface area contributed by atoms with E-state index in [9.17, 15) is 9.59 Å². The Hall–Kier alpha value is -3.35. The van der Waals surface area contributed by atoms with Gasteiger partial charge >= 0.3 is 12.0 Å². The monoisotopic (exact) mass is 352 g/mol. The van der Waals surface area contributed by atoms with E-state index in [2.05, 4.69) is 20.4 Å². The largest absolute Gasteiger partial charge is 0.465 e. The molecule has 134 valence electrons. The third kappa shape index (κ3) is 4.38. The number of pyridine rings is 1. The Morgan fingerprint density at radius 3 is 2.65 bits per heavy atom. The lowest BCUT2D eigenvalue weighted by molar-refractivity contribution is 0.0600. The van der Waals surface area contributed by atoms with Crippen LogP contribution in [0, 0.1) is 0 Å². The van der Waals surface area contributed by atoms with Crippen LogP contribution in [-0.4, -0.2) is 35.0 Å². The normalized spacial score (nSPS) is 10.5. The van der Waals surface area contributed by atoms with E-state index >= 15 is 0 Å². The molecule has 7 nitrogen and oxygen atoms in total. The number of ether oxygens (including phenoxy) is 1. The quantitative estimate of drug-likeness (QED) is 0.666. The molecule has 0 aliphatic rings. The van der Waals surface area contributed by atoms with Gasteiger partial charge in [-0.2, -0.15) is 0 Å². The molecule has 0 atom stereocenters. The number of hydrogen-bond donors (Lipinski definition) is 2. The van der Waals surface area contributed by atoms with Gasteiger partial charge in [-0.15, -0.1) is 0 Å². The van der Waals surface area contributed by atoms with E-state index < -0.39 is 0 Å². The second kappa shape index (κ2) is 8.15. The zero-order chi connectivity index (χ0) is 18.4. The molecule has 0 unspecified atom stereocenters. The zero-order valence-corrected chi connectivity index (χ0v) is 14.4. The first-order valence-electron chi connectivity index (χ1n) is 8.27. The number of esters is 1. The molecule has 0 saturated carbocycles. The van der Waals surface area contributed by atoms with Gasteiger partial charge in [0, 0.05) is 31.9 Å². The fraction of sp³-hybridized carbons (Fsp3) is 0.211. The number of nitrogens with zero attached hydrogens (tertiary/aromatic N) is 2. The van der Waals surface area contributed by atoms with Crippen LogP contribution in [0.25, 0.3) is 5.65 Å². The molecule has 26 heavy (non-hydrogen) atoms. The topological polar surface area (TPSA) is 84.7 Å². The minimum atomic E-state index is -0.380. The summed E-state index contributed by atoms with van der Waals surface area (Å²) in [5.41, 5.74) is 3.19. The molecule has 0 bridgehead atoms. The van der Waals surface area contributed by atoms with Crippen molar-refractivity contribution in [3.05, 3.63) is 71.7 Å². The van der Waals surface area contributed by atoms with Crippen molar-refractivity contribution in [1.82, 2.24) is 20.0 Å². The Balaban J connectivity index is 1.42. The van der Waals surface area contributed by atoms with Crippen molar-refractivity contribution in [2.24, 2.45) is 0 Å². The number of carbonyl (C=O) groups excluding carboxylic acids is 2. The predicted octanol–water partition coefficient (Wildman–Crippen LogP) is 2.16. The zero-order valence-electron chi connectivity index (χ0n) is 14.4. The summed E-state index contributed by atoms with van der Waals surface area (Å²) in [6.07, 6.45) is 4.55. The number of fused-ring (bicyclic) bond motifs is 1. The number of carbonyl (C=O) groups is 2. The number of aromatic nitrogens is 2. The maximum atomic E-state index is 11.9. The van der Waals surface area contributed by atoms with Gasteiger partial charge in [0.1, 0.15) is 5.65 Å². The molecule has 2 aromatic heterocycles. The van der Waals surface area contributed by atoms with Crippen LogP contribution in [0.5, 0.6) is 0 Å². The van der Waals surface area contributed by atoms with Gasteiger partial charge in [0.05, 0.1) is 18.4 Å². The molecule has 0 saturated heterocycles. The molecule has 2 N–H and O–H groups in total. The molecule has 0 fully saturated rings. The molecule has 1 aromatic carbocycles. The number of hydrogen-bond acceptors (Lipinski definition) is 4. The highest BCUT2D eigenvalue weighted by Gasteiger charge is 2.06. The van der Waals surface area contributed by atoms with Crippen LogP contribution in [0.2, 0.25) is 0 Å². The van der Waals surface area contributed by atoms with Crippen molar-refractivity contribution in [3.8, 4) is 0 Å². The van der Waals surface area contributed by atoms with Crippen LogP contribution in [0.4, 0.5) is 4.79 Å². The highest BCUT2D eigenvalue weighted by atomic mass is 16.5. The van der Waals surface area contributed by atoms with Gasteiger partial charge in [0.15, 0.2) is 0 Å². The summed E-state index contributed by atoms with van der Waals surface area (Å²) in [5.74, 6) is -0.380. The fourth-order valence-corrected chi connectivity index (χ4v) is 2.53. The number of benzene rings is 1. The van der Waals surface area contributed by atoms with Crippen LogP contribution in [0.3, 0.4) is 0 Å². The molecule has 3 rings (SSSR count). The third-order valence-corrected chi connectivity index (χ3v) is 3.91. The average Bonchev–Trinajstić information content (AvgIpc) is 3.09. The highest BCUT2D eigenvalue weighted by Crippen LogP contribution is 2.06. The van der Waals surface area contributed by atoms with Crippen LogP contribution in [0.15, 0.2) is 54.9 Å². The minimum Gasteiger partial charge on any atom is -0.465 e. The molecule has 2 heterocycles. The van der Waals surface area contributed by atoms with E-state index in [1.807, 2.05) is 35.0 Å². The smallest absolute Gasteiger partial charge is 0.337 e. The molecular weight excluding hydrogens is 332 g/mol. The Labute approximate surface area is 151 Å². The van der Waals surface area contributed by atoms with Crippen LogP contribution in [-0.2, 0) is 17.7 Å². The molecule has 0 aliphatic heterocycles. The lowest BCUT2D eigenvalue weighted by Crippen LogP contribution is -2.36. The number of nitrogens with one attached hydrogen (secondary N) is 2. The van der Waals surface area contributed by atoms with Gasteiger partial charge in [-0.25, -0.2) is 14.6 Å². The Kier molecular flexibility index (Phi) is 5.48. The number of urea groups is 1. The van der Waals surface area contributed by atoms with Crippen molar-refractivity contribution >= 4 is 17.6 Å². The SMILES string of the molecule is COC(=O)c1ccc(CNC(=O)NCCc2cn3ccccc3n2)cc1. The Morgan fingerprint density at radius 1 is 1.12 bits per heavy atom. The van der Waals surface area contributed by atoms with E-state index in [1.54, 1.807) is 24.3 Å². The standard InChI is InChI=1S/C19H20N4O3/c1-26-18(24)15-7-5-14(6-8-15)12-21-19(25)20-10-9-16-13-23-11-3-2-4-17(23)22-16/h2-8,11,13H,9-10,12H2,1H3,(H2,20,21,25). The second-order valence-electron chi connectivity index (χ2n) is 5.75. The van der Waals surface area contributed by atoms with E-state index in [-0.39, 0.29) is 12.0 Å². The molecule has 3 aromatic rings. The van der Waals surface area contributed by atoms with Crippen molar-refractivity contribution < 1.29 is 14.3 Å². The van der Waals surface area contributed by atoms with Gasteiger partial charge in [-0.05, 0) is 29.8 Å². The molecule has 2 amide bonds. The molecule has 0 radical (unpaired) electrons. The van der Waals surface area contributed by atoms with Crippen molar-refractivity contribution in [3.63, 3.8) is 0 Å². The van der Waals surface area contributed by atoms with Gasteiger partial charge in [-0.1, -0.05) is 18.2 Å². The molecule has 7 heteroatoms. The van der Waals surface area contributed by atoms with E-state index in [0.717, 1.165) is 16.9 Å². The van der Waals surface area contributed by atoms with E-state index in [4.69, 9.17) is 0 Å². The first kappa shape index (κ1) is 17.5. The van der Waals surface area contributed by atoms with Crippen LogP contribution >= 0.6 is 0 Å². The Morgan fingerprint density at radius 2 is 1.92 bits per heavy atom. The third-order valence-electron chi connectivity index (χ3n) is 3.91. The summed E-state index contributed by atoms with van der Waals surface area (Å²) in [6, 6.07) is 12.5. The molecule has 0 aliphatic carbocycles. The summed E-state index contributed by atoms with van der Waals surface area (Å²) in [5, 5.41) is 5.59. The number of methoxy groups -OCH3 is 1. The summed E-state index contributed by atoms with van der Waals surface area (Å²) < 4.78 is 6.60. The summed E-state index contributed by atoms with van der Waals surface area (Å²) in [6.45, 7) is 0.874. The van der Waals surface area contributed by atoms with Crippen molar-refractivity contribution in [1.29, 1.82) is 0 Å². The van der Waals surface area contributed by atoms with E-state index in [0.29, 0.717) is 25.1 Å². The average molecular weight is 352 g/mol. The molecular formula is C19H20N4O3. The van der Waals surface area contributed by atoms with Crippen LogP contribution in [0.1, 0.15) is 21.6 Å². The second-order valence-corrected chi connectivity index (χ2v) is 5.75. The van der Waals surface area contributed by atoms with Gasteiger partial charge in [0.2, 0.25) is 0 Å². The molecule has 0 spiro atoms. The maximum absolute atomic E-state index is 11.9. The lowest BCUT2D eigenvalue weighted by Gasteiger charge is -2.07. The van der Waals surface area contributed by atoms with E-state index in [1.165, 1.54) is 7.11 Å². The Bertz CT molecular complexity index is 870. The van der Waals surface area contributed by atoms with Crippen molar-refractivity contribution in [2.75, 3.05) is 13.7 Å². The highest BCUT2D eigenvalue weighted by molar-refractivity contribution is 5.89.